The Morgan fingerprint density at radius 2 is 1.96 bits per heavy atom. The molecule has 3 rings (SSSR count). The maximum Gasteiger partial charge on any atom is 0.255 e. The highest BCUT2D eigenvalue weighted by atomic mass is 16.2. The minimum atomic E-state index is -0.243. The summed E-state index contributed by atoms with van der Waals surface area (Å²) in [6.45, 7) is 5.54. The summed E-state index contributed by atoms with van der Waals surface area (Å²) < 4.78 is 0. The van der Waals surface area contributed by atoms with Crippen LogP contribution in [0.15, 0.2) is 29.3 Å². The number of aromatic nitrogens is 3. The van der Waals surface area contributed by atoms with Crippen molar-refractivity contribution in [1.29, 1.82) is 0 Å². The van der Waals surface area contributed by atoms with Crippen LogP contribution in [0.5, 0.6) is 0 Å². The molecular weight excluding hydrogens is 304 g/mol. The van der Waals surface area contributed by atoms with E-state index in [-0.39, 0.29) is 17.9 Å². The van der Waals surface area contributed by atoms with E-state index in [9.17, 15) is 9.59 Å². The molecule has 1 N–H and O–H groups in total. The molecule has 6 heteroatoms. The smallest absolute Gasteiger partial charge is 0.255 e. The molecule has 0 bridgehead atoms. The molecule has 3 heterocycles. The fraction of sp³-hybridized carbons (Fsp3) is 0.444. The first kappa shape index (κ1) is 16.4. The monoisotopic (exact) mass is 326 g/mol. The van der Waals surface area contributed by atoms with Crippen molar-refractivity contribution in [2.45, 2.75) is 33.1 Å². The minimum Gasteiger partial charge on any atom is -0.342 e. The summed E-state index contributed by atoms with van der Waals surface area (Å²) in [7, 11) is 0. The Bertz CT molecular complexity index is 777. The highest BCUT2D eigenvalue weighted by Gasteiger charge is 2.22. The first-order chi connectivity index (χ1) is 11.5. The number of hydrogen-bond acceptors (Lipinski definition) is 4. The van der Waals surface area contributed by atoms with Crippen molar-refractivity contribution in [1.82, 2.24) is 19.9 Å². The average Bonchev–Trinajstić information content (AvgIpc) is 2.59. The predicted octanol–water partition coefficient (Wildman–Crippen LogP) is 1.94. The van der Waals surface area contributed by atoms with Crippen LogP contribution in [0, 0.1) is 12.8 Å². The van der Waals surface area contributed by atoms with Crippen molar-refractivity contribution in [3.63, 3.8) is 0 Å². The number of nitrogens with one attached hydrogen (secondary N) is 1. The average molecular weight is 326 g/mol. The third-order valence-corrected chi connectivity index (χ3v) is 4.64. The molecule has 126 valence electrons. The van der Waals surface area contributed by atoms with Crippen molar-refractivity contribution in [2.24, 2.45) is 5.92 Å². The van der Waals surface area contributed by atoms with E-state index >= 15 is 0 Å². The van der Waals surface area contributed by atoms with Crippen molar-refractivity contribution >= 4 is 5.91 Å². The molecule has 2 aromatic heterocycles. The minimum absolute atomic E-state index is 0.00830. The van der Waals surface area contributed by atoms with Gasteiger partial charge in [-0.3, -0.25) is 14.6 Å². The quantitative estimate of drug-likeness (QED) is 0.935. The van der Waals surface area contributed by atoms with Crippen molar-refractivity contribution in [2.75, 3.05) is 13.1 Å². The number of carbonyl (C=O) groups excluding carboxylic acids is 1. The number of hydrogen-bond donors (Lipinski definition) is 1. The Morgan fingerprint density at radius 3 is 2.58 bits per heavy atom. The van der Waals surface area contributed by atoms with Gasteiger partial charge in [0.2, 0.25) is 5.91 Å². The fourth-order valence-electron chi connectivity index (χ4n) is 2.99. The molecule has 6 nitrogen and oxygen atoms in total. The van der Waals surface area contributed by atoms with Crippen LogP contribution < -0.4 is 5.56 Å². The normalized spacial score (nSPS) is 15.5. The van der Waals surface area contributed by atoms with Gasteiger partial charge in [-0.25, -0.2) is 4.98 Å². The van der Waals surface area contributed by atoms with Crippen LogP contribution in [-0.2, 0) is 11.2 Å². The molecule has 0 saturated carbocycles. The van der Waals surface area contributed by atoms with Crippen LogP contribution in [0.2, 0.25) is 0 Å². The SMILES string of the molecule is Cc1nc(-c2ccncc2)[nH]c(=O)c1CC(=O)N1CCC(C)CC1. The molecule has 0 aliphatic carbocycles. The molecule has 1 saturated heterocycles. The Kier molecular flexibility index (Phi) is 4.74. The van der Waals surface area contributed by atoms with Gasteiger partial charge in [-0.1, -0.05) is 6.92 Å². The van der Waals surface area contributed by atoms with Crippen LogP contribution in [0.25, 0.3) is 11.4 Å². The van der Waals surface area contributed by atoms with Crippen molar-refractivity contribution < 1.29 is 4.79 Å². The molecule has 1 aliphatic rings. The fourth-order valence-corrected chi connectivity index (χ4v) is 2.99. The van der Waals surface area contributed by atoms with Crippen LogP contribution in [0.3, 0.4) is 0 Å². The number of likely N-dealkylation sites (tertiary alicyclic amines) is 1. The number of H-pyrrole nitrogens is 1. The van der Waals surface area contributed by atoms with Gasteiger partial charge in [-0.05, 0) is 37.8 Å². The third-order valence-electron chi connectivity index (χ3n) is 4.64. The number of amides is 1. The van der Waals surface area contributed by atoms with E-state index in [1.54, 1.807) is 31.5 Å². The van der Waals surface area contributed by atoms with Crippen molar-refractivity contribution in [3.05, 3.63) is 46.1 Å². The van der Waals surface area contributed by atoms with E-state index in [0.29, 0.717) is 23.0 Å². The van der Waals surface area contributed by atoms with Crippen LogP contribution >= 0.6 is 0 Å². The second kappa shape index (κ2) is 6.95. The van der Waals surface area contributed by atoms with Gasteiger partial charge < -0.3 is 9.88 Å². The van der Waals surface area contributed by atoms with E-state index in [2.05, 4.69) is 21.9 Å². The second-order valence-corrected chi connectivity index (χ2v) is 6.45. The molecule has 0 radical (unpaired) electrons. The van der Waals surface area contributed by atoms with Gasteiger partial charge in [0.1, 0.15) is 5.82 Å². The van der Waals surface area contributed by atoms with Crippen LogP contribution in [0.1, 0.15) is 31.0 Å². The lowest BCUT2D eigenvalue weighted by Gasteiger charge is -2.30. The number of rotatable bonds is 3. The molecular formula is C18H22N4O2. The first-order valence-corrected chi connectivity index (χ1v) is 8.32. The lowest BCUT2D eigenvalue weighted by Crippen LogP contribution is -2.39. The van der Waals surface area contributed by atoms with Gasteiger partial charge in [-0.15, -0.1) is 0 Å². The molecule has 24 heavy (non-hydrogen) atoms. The van der Waals surface area contributed by atoms with Crippen molar-refractivity contribution in [3.8, 4) is 11.4 Å². The zero-order valence-corrected chi connectivity index (χ0v) is 14.1. The Morgan fingerprint density at radius 1 is 1.29 bits per heavy atom. The zero-order valence-electron chi connectivity index (χ0n) is 14.1. The Labute approximate surface area is 141 Å². The topological polar surface area (TPSA) is 79.0 Å². The van der Waals surface area contributed by atoms with Crippen LogP contribution in [0.4, 0.5) is 0 Å². The number of pyridine rings is 1. The van der Waals surface area contributed by atoms with Gasteiger partial charge in [-0.2, -0.15) is 0 Å². The highest BCUT2D eigenvalue weighted by molar-refractivity contribution is 5.79. The largest absolute Gasteiger partial charge is 0.342 e. The van der Waals surface area contributed by atoms with E-state index in [1.165, 1.54) is 0 Å². The van der Waals surface area contributed by atoms with Gasteiger partial charge in [0.15, 0.2) is 0 Å². The summed E-state index contributed by atoms with van der Waals surface area (Å²) in [4.78, 5) is 38.0. The molecule has 2 aromatic rings. The molecule has 1 fully saturated rings. The summed E-state index contributed by atoms with van der Waals surface area (Å²) in [6, 6.07) is 3.58. The summed E-state index contributed by atoms with van der Waals surface area (Å²) in [5.41, 5.74) is 1.61. The van der Waals surface area contributed by atoms with E-state index < -0.39 is 0 Å². The van der Waals surface area contributed by atoms with E-state index in [1.807, 2.05) is 4.90 Å². The molecule has 1 amide bonds. The van der Waals surface area contributed by atoms with E-state index in [0.717, 1.165) is 31.5 Å². The third kappa shape index (κ3) is 3.53. The van der Waals surface area contributed by atoms with Crippen LogP contribution in [-0.4, -0.2) is 38.8 Å². The summed E-state index contributed by atoms with van der Waals surface area (Å²) >= 11 is 0. The standard InChI is InChI=1S/C18H22N4O2/c1-12-5-9-22(10-6-12)16(23)11-15-13(2)20-17(21-18(15)24)14-3-7-19-8-4-14/h3-4,7-8,12H,5-6,9-11H2,1-2H3,(H,20,21,24). The van der Waals surface area contributed by atoms with Gasteiger partial charge in [0.05, 0.1) is 6.42 Å². The summed E-state index contributed by atoms with van der Waals surface area (Å²) in [6.07, 6.45) is 5.47. The Hall–Kier alpha value is -2.50. The molecule has 0 atom stereocenters. The number of piperidine rings is 1. The summed E-state index contributed by atoms with van der Waals surface area (Å²) in [5, 5.41) is 0. The molecule has 0 spiro atoms. The molecule has 1 aliphatic heterocycles. The first-order valence-electron chi connectivity index (χ1n) is 8.32. The maximum atomic E-state index is 12.5. The maximum absolute atomic E-state index is 12.5. The molecule has 0 aromatic carbocycles. The van der Waals surface area contributed by atoms with E-state index in [4.69, 9.17) is 0 Å². The highest BCUT2D eigenvalue weighted by Crippen LogP contribution is 2.17. The number of aryl methyl sites for hydroxylation is 1. The predicted molar refractivity (Wildman–Crippen MR) is 91.5 cm³/mol. The number of nitrogens with zero attached hydrogens (tertiary/aromatic N) is 3. The Balaban J connectivity index is 1.79. The summed E-state index contributed by atoms with van der Waals surface area (Å²) in [5.74, 6) is 1.18. The second-order valence-electron chi connectivity index (χ2n) is 6.45. The number of carbonyl (C=O) groups is 1. The lowest BCUT2D eigenvalue weighted by atomic mass is 9.98. The van der Waals surface area contributed by atoms with Gasteiger partial charge in [0, 0.05) is 42.3 Å². The molecule has 0 unspecified atom stereocenters. The van der Waals surface area contributed by atoms with Gasteiger partial charge >= 0.3 is 0 Å². The van der Waals surface area contributed by atoms with Gasteiger partial charge in [0.25, 0.3) is 5.56 Å². The number of aromatic amines is 1. The zero-order chi connectivity index (χ0) is 17.1. The lowest BCUT2D eigenvalue weighted by molar-refractivity contribution is -0.131.